The van der Waals surface area contributed by atoms with E-state index in [1.165, 1.54) is 0 Å². The second-order valence-corrected chi connectivity index (χ2v) is 5.41. The van der Waals surface area contributed by atoms with E-state index < -0.39 is 0 Å². The van der Waals surface area contributed by atoms with E-state index in [0.29, 0.717) is 4.77 Å². The van der Waals surface area contributed by atoms with Crippen molar-refractivity contribution in [3.63, 3.8) is 0 Å². The van der Waals surface area contributed by atoms with Crippen LogP contribution in [0.5, 0.6) is 5.75 Å². The number of aromatic nitrogens is 2. The summed E-state index contributed by atoms with van der Waals surface area (Å²) in [5, 5.41) is 2.90. The number of carbonyl (C=O) groups is 1. The van der Waals surface area contributed by atoms with E-state index in [2.05, 4.69) is 10.3 Å². The summed E-state index contributed by atoms with van der Waals surface area (Å²) >= 11 is 5.33. The van der Waals surface area contributed by atoms with Crippen LogP contribution in [0.15, 0.2) is 18.2 Å². The smallest absolute Gasteiger partial charge is 0.243 e. The van der Waals surface area contributed by atoms with Gasteiger partial charge in [-0.3, -0.25) is 4.79 Å². The van der Waals surface area contributed by atoms with Crippen molar-refractivity contribution in [2.45, 2.75) is 32.9 Å². The summed E-state index contributed by atoms with van der Waals surface area (Å²) in [5.41, 5.74) is 1.75. The standard InChI is InChI=1S/C14H19N3O2S/c1-8(2)15-13(18)9(3)17-12-6-5-10(19-4)7-11(12)16-14(17)20/h5-9H,1-4H3,(H,15,18)(H,16,20). The molecule has 0 aliphatic carbocycles. The number of nitrogens with zero attached hydrogens (tertiary/aromatic N) is 1. The third-order valence-electron chi connectivity index (χ3n) is 3.12. The van der Waals surface area contributed by atoms with Gasteiger partial charge in [-0.1, -0.05) is 0 Å². The van der Waals surface area contributed by atoms with E-state index in [1.54, 1.807) is 7.11 Å². The van der Waals surface area contributed by atoms with Gasteiger partial charge < -0.3 is 19.6 Å². The topological polar surface area (TPSA) is 59.0 Å². The molecule has 1 unspecified atom stereocenters. The number of H-pyrrole nitrogens is 1. The van der Waals surface area contributed by atoms with Crippen molar-refractivity contribution >= 4 is 29.2 Å². The Morgan fingerprint density at radius 1 is 1.40 bits per heavy atom. The Balaban J connectivity index is 2.46. The minimum absolute atomic E-state index is 0.0483. The van der Waals surface area contributed by atoms with Crippen LogP contribution < -0.4 is 10.1 Å². The van der Waals surface area contributed by atoms with Gasteiger partial charge in [0.1, 0.15) is 11.8 Å². The average molecular weight is 293 g/mol. The van der Waals surface area contributed by atoms with Crippen LogP contribution in [-0.4, -0.2) is 28.6 Å². The minimum atomic E-state index is -0.368. The maximum Gasteiger partial charge on any atom is 0.243 e. The number of methoxy groups -OCH3 is 1. The summed E-state index contributed by atoms with van der Waals surface area (Å²) in [7, 11) is 1.62. The monoisotopic (exact) mass is 293 g/mol. The Morgan fingerprint density at radius 2 is 2.10 bits per heavy atom. The zero-order chi connectivity index (χ0) is 14.9. The molecule has 0 spiro atoms. The summed E-state index contributed by atoms with van der Waals surface area (Å²) in [5.74, 6) is 0.702. The number of aromatic amines is 1. The highest BCUT2D eigenvalue weighted by Gasteiger charge is 2.19. The molecule has 1 heterocycles. The van der Waals surface area contributed by atoms with Crippen molar-refractivity contribution in [3.8, 4) is 5.75 Å². The SMILES string of the molecule is COc1ccc2c(c1)[nH]c(=S)n2C(C)C(=O)NC(C)C. The molecule has 2 aromatic rings. The summed E-state index contributed by atoms with van der Waals surface area (Å²) in [4.78, 5) is 15.3. The molecule has 0 aliphatic rings. The summed E-state index contributed by atoms with van der Waals surface area (Å²) in [6.45, 7) is 5.71. The van der Waals surface area contributed by atoms with Crippen LogP contribution in [-0.2, 0) is 4.79 Å². The Labute approximate surface area is 122 Å². The van der Waals surface area contributed by atoms with Gasteiger partial charge in [-0.05, 0) is 45.1 Å². The van der Waals surface area contributed by atoms with Crippen LogP contribution in [0.3, 0.4) is 0 Å². The van der Waals surface area contributed by atoms with Gasteiger partial charge >= 0.3 is 0 Å². The molecule has 0 saturated heterocycles. The van der Waals surface area contributed by atoms with Crippen molar-refractivity contribution in [2.75, 3.05) is 7.11 Å². The first kappa shape index (κ1) is 14.6. The summed E-state index contributed by atoms with van der Waals surface area (Å²) in [6.07, 6.45) is 0. The number of hydrogen-bond donors (Lipinski definition) is 2. The van der Waals surface area contributed by atoms with Gasteiger partial charge in [0.25, 0.3) is 0 Å². The summed E-state index contributed by atoms with van der Waals surface area (Å²) < 4.78 is 7.54. The molecule has 108 valence electrons. The Hall–Kier alpha value is -1.82. The number of benzene rings is 1. The van der Waals surface area contributed by atoms with E-state index in [9.17, 15) is 4.79 Å². The van der Waals surface area contributed by atoms with E-state index in [4.69, 9.17) is 17.0 Å². The van der Waals surface area contributed by atoms with Gasteiger partial charge in [0.2, 0.25) is 5.91 Å². The molecule has 5 nitrogen and oxygen atoms in total. The molecule has 0 bridgehead atoms. The Morgan fingerprint density at radius 3 is 2.70 bits per heavy atom. The average Bonchev–Trinajstić information content (AvgIpc) is 2.71. The second-order valence-electron chi connectivity index (χ2n) is 5.02. The van der Waals surface area contributed by atoms with E-state index >= 15 is 0 Å². The highest BCUT2D eigenvalue weighted by atomic mass is 32.1. The molecule has 2 N–H and O–H groups in total. The maximum atomic E-state index is 12.2. The van der Waals surface area contributed by atoms with Crippen molar-refractivity contribution in [2.24, 2.45) is 0 Å². The van der Waals surface area contributed by atoms with Gasteiger partial charge in [-0.2, -0.15) is 0 Å². The predicted molar refractivity (Wildman–Crippen MR) is 81.7 cm³/mol. The molecule has 0 radical (unpaired) electrons. The van der Waals surface area contributed by atoms with Crippen molar-refractivity contribution in [1.82, 2.24) is 14.9 Å². The number of ether oxygens (including phenoxy) is 1. The third kappa shape index (κ3) is 2.70. The van der Waals surface area contributed by atoms with Gasteiger partial charge in [0.15, 0.2) is 4.77 Å². The number of fused-ring (bicyclic) bond motifs is 1. The first-order valence-electron chi connectivity index (χ1n) is 6.52. The molecule has 6 heteroatoms. The lowest BCUT2D eigenvalue weighted by Gasteiger charge is -2.16. The molecule has 1 atom stereocenters. The number of amides is 1. The first-order valence-corrected chi connectivity index (χ1v) is 6.93. The van der Waals surface area contributed by atoms with Gasteiger partial charge in [0.05, 0.1) is 18.1 Å². The number of rotatable bonds is 4. The molecule has 20 heavy (non-hydrogen) atoms. The predicted octanol–water partition coefficient (Wildman–Crippen LogP) is 2.79. The third-order valence-corrected chi connectivity index (χ3v) is 3.42. The van der Waals surface area contributed by atoms with Crippen LogP contribution in [0, 0.1) is 4.77 Å². The lowest BCUT2D eigenvalue weighted by Crippen LogP contribution is -2.35. The van der Waals surface area contributed by atoms with Crippen LogP contribution in [0.4, 0.5) is 0 Å². The molecule has 1 amide bonds. The summed E-state index contributed by atoms with van der Waals surface area (Å²) in [6, 6.07) is 5.36. The van der Waals surface area contributed by atoms with Crippen LogP contribution in [0.2, 0.25) is 0 Å². The second kappa shape index (κ2) is 5.66. The first-order chi connectivity index (χ1) is 9.43. The molecule has 1 aromatic carbocycles. The largest absolute Gasteiger partial charge is 0.497 e. The van der Waals surface area contributed by atoms with Crippen LogP contribution in [0.25, 0.3) is 11.0 Å². The van der Waals surface area contributed by atoms with Gasteiger partial charge in [-0.15, -0.1) is 0 Å². The fourth-order valence-corrected chi connectivity index (χ4v) is 2.51. The quantitative estimate of drug-likeness (QED) is 0.852. The highest BCUT2D eigenvalue weighted by Crippen LogP contribution is 2.23. The van der Waals surface area contributed by atoms with E-state index in [-0.39, 0.29) is 18.0 Å². The zero-order valence-corrected chi connectivity index (χ0v) is 12.9. The molecule has 0 aliphatic heterocycles. The van der Waals surface area contributed by atoms with Crippen molar-refractivity contribution in [3.05, 3.63) is 23.0 Å². The highest BCUT2D eigenvalue weighted by molar-refractivity contribution is 7.71. The molecular weight excluding hydrogens is 274 g/mol. The van der Waals surface area contributed by atoms with E-state index in [1.807, 2.05) is 43.5 Å². The lowest BCUT2D eigenvalue weighted by molar-refractivity contribution is -0.124. The minimum Gasteiger partial charge on any atom is -0.497 e. The maximum absolute atomic E-state index is 12.2. The van der Waals surface area contributed by atoms with Crippen LogP contribution in [0.1, 0.15) is 26.8 Å². The number of nitrogens with one attached hydrogen (secondary N) is 2. The van der Waals surface area contributed by atoms with Crippen molar-refractivity contribution in [1.29, 1.82) is 0 Å². The lowest BCUT2D eigenvalue weighted by atomic mass is 10.2. The van der Waals surface area contributed by atoms with E-state index in [0.717, 1.165) is 16.8 Å². The fourth-order valence-electron chi connectivity index (χ4n) is 2.14. The number of imidazole rings is 1. The Bertz CT molecular complexity index is 687. The molecule has 1 aromatic heterocycles. The normalized spacial score (nSPS) is 12.7. The molecule has 0 saturated carbocycles. The number of hydrogen-bond acceptors (Lipinski definition) is 3. The molecule has 0 fully saturated rings. The van der Waals surface area contributed by atoms with Gasteiger partial charge in [0, 0.05) is 12.1 Å². The fraction of sp³-hybridized carbons (Fsp3) is 0.429. The Kier molecular flexibility index (Phi) is 4.13. The van der Waals surface area contributed by atoms with Crippen LogP contribution >= 0.6 is 12.2 Å². The zero-order valence-electron chi connectivity index (χ0n) is 12.1. The van der Waals surface area contributed by atoms with Gasteiger partial charge in [-0.25, -0.2) is 0 Å². The van der Waals surface area contributed by atoms with Crippen molar-refractivity contribution < 1.29 is 9.53 Å². The molecule has 2 rings (SSSR count). The number of carbonyl (C=O) groups excluding carboxylic acids is 1. The molecular formula is C14H19N3O2S.